The number of nitrogens with zero attached hydrogens (tertiary/aromatic N) is 2. The van der Waals surface area contributed by atoms with E-state index in [9.17, 15) is 19.7 Å². The van der Waals surface area contributed by atoms with Gasteiger partial charge in [-0.05, 0) is 43.3 Å². The first kappa shape index (κ1) is 18.5. The van der Waals surface area contributed by atoms with Crippen molar-refractivity contribution in [1.29, 1.82) is 0 Å². The van der Waals surface area contributed by atoms with Gasteiger partial charge in [0.2, 0.25) is 0 Å². The van der Waals surface area contributed by atoms with E-state index in [1.54, 1.807) is 36.1 Å². The first-order valence-electron chi connectivity index (χ1n) is 8.49. The number of ether oxygens (including phenoxy) is 1. The molecule has 0 atom stereocenters. The summed E-state index contributed by atoms with van der Waals surface area (Å²) in [6.45, 7) is 3.79. The second kappa shape index (κ2) is 7.96. The molecule has 0 radical (unpaired) electrons. The predicted octanol–water partition coefficient (Wildman–Crippen LogP) is 2.63. The average Bonchev–Trinajstić information content (AvgIpc) is 2.68. The molecule has 27 heavy (non-hydrogen) atoms. The van der Waals surface area contributed by atoms with Crippen LogP contribution in [0.5, 0.6) is 0 Å². The smallest absolute Gasteiger partial charge is 0.272 e. The molecule has 1 aliphatic heterocycles. The van der Waals surface area contributed by atoms with Gasteiger partial charge in [-0.25, -0.2) is 0 Å². The number of rotatable bonds is 4. The molecule has 0 aliphatic carbocycles. The fourth-order valence-electron chi connectivity index (χ4n) is 2.85. The Labute approximate surface area is 155 Å². The minimum absolute atomic E-state index is 0.0301. The molecule has 0 saturated carbocycles. The topological polar surface area (TPSA) is 102 Å². The zero-order valence-corrected chi connectivity index (χ0v) is 14.8. The van der Waals surface area contributed by atoms with Gasteiger partial charge in [-0.2, -0.15) is 0 Å². The lowest BCUT2D eigenvalue weighted by atomic mass is 10.1. The van der Waals surface area contributed by atoms with Crippen LogP contribution in [0, 0.1) is 17.0 Å². The summed E-state index contributed by atoms with van der Waals surface area (Å²) in [6, 6.07) is 10.8. The highest BCUT2D eigenvalue weighted by Gasteiger charge is 2.18. The Morgan fingerprint density at radius 1 is 1.07 bits per heavy atom. The minimum atomic E-state index is -0.485. The van der Waals surface area contributed by atoms with Crippen molar-refractivity contribution in [1.82, 2.24) is 4.90 Å². The van der Waals surface area contributed by atoms with Crippen molar-refractivity contribution in [2.24, 2.45) is 0 Å². The van der Waals surface area contributed by atoms with Crippen LogP contribution in [0.15, 0.2) is 42.5 Å². The van der Waals surface area contributed by atoms with Crippen LogP contribution in [0.4, 0.5) is 11.4 Å². The molecule has 1 saturated heterocycles. The number of aryl methyl sites for hydroxylation is 1. The Morgan fingerprint density at radius 2 is 1.70 bits per heavy atom. The normalized spacial score (nSPS) is 13.9. The summed E-state index contributed by atoms with van der Waals surface area (Å²) in [6.07, 6.45) is 0. The van der Waals surface area contributed by atoms with E-state index in [-0.39, 0.29) is 17.5 Å². The summed E-state index contributed by atoms with van der Waals surface area (Å²) < 4.78 is 5.24. The Morgan fingerprint density at radius 3 is 2.30 bits per heavy atom. The number of nitro benzene ring substituents is 1. The van der Waals surface area contributed by atoms with Crippen molar-refractivity contribution in [3.8, 4) is 0 Å². The van der Waals surface area contributed by atoms with Crippen LogP contribution >= 0.6 is 0 Å². The molecule has 0 bridgehead atoms. The van der Waals surface area contributed by atoms with E-state index in [0.717, 1.165) is 0 Å². The standard InChI is InChI=1S/C19H19N3O5/c1-13-12-15(4-7-17(13)22(25)26)18(23)20-16-5-2-14(3-6-16)19(24)21-8-10-27-11-9-21/h2-7,12H,8-11H2,1H3,(H,20,23). The summed E-state index contributed by atoms with van der Waals surface area (Å²) in [4.78, 5) is 36.9. The number of nitrogens with one attached hydrogen (secondary N) is 1. The molecule has 2 aromatic carbocycles. The van der Waals surface area contributed by atoms with Crippen LogP contribution in [0.3, 0.4) is 0 Å². The van der Waals surface area contributed by atoms with E-state index in [1.807, 2.05) is 0 Å². The van der Waals surface area contributed by atoms with Crippen LogP contribution in [-0.2, 0) is 4.74 Å². The van der Waals surface area contributed by atoms with Gasteiger partial charge in [-0.1, -0.05) is 0 Å². The number of hydrogen-bond acceptors (Lipinski definition) is 5. The lowest BCUT2D eigenvalue weighted by Crippen LogP contribution is -2.40. The van der Waals surface area contributed by atoms with Gasteiger partial charge >= 0.3 is 0 Å². The van der Waals surface area contributed by atoms with Crippen LogP contribution in [0.2, 0.25) is 0 Å². The fraction of sp³-hybridized carbons (Fsp3) is 0.263. The van der Waals surface area contributed by atoms with Crippen molar-refractivity contribution in [2.75, 3.05) is 31.6 Å². The lowest BCUT2D eigenvalue weighted by Gasteiger charge is -2.26. The number of nitro groups is 1. The predicted molar refractivity (Wildman–Crippen MR) is 99.0 cm³/mol. The summed E-state index contributed by atoms with van der Waals surface area (Å²) in [5.74, 6) is -0.442. The first-order valence-corrected chi connectivity index (χ1v) is 8.49. The largest absolute Gasteiger partial charge is 0.378 e. The molecule has 8 heteroatoms. The molecule has 0 spiro atoms. The van der Waals surface area contributed by atoms with Gasteiger partial charge < -0.3 is 15.0 Å². The molecular formula is C19H19N3O5. The molecule has 2 aromatic rings. The fourth-order valence-corrected chi connectivity index (χ4v) is 2.85. The summed E-state index contributed by atoms with van der Waals surface area (Å²) in [7, 11) is 0. The maximum absolute atomic E-state index is 12.4. The third-order valence-corrected chi connectivity index (χ3v) is 4.34. The molecular weight excluding hydrogens is 350 g/mol. The number of anilines is 1. The molecule has 1 fully saturated rings. The molecule has 0 aromatic heterocycles. The molecule has 0 unspecified atom stereocenters. The van der Waals surface area contributed by atoms with E-state index in [0.29, 0.717) is 48.7 Å². The van der Waals surface area contributed by atoms with Gasteiger partial charge in [0.05, 0.1) is 18.1 Å². The molecule has 2 amide bonds. The summed E-state index contributed by atoms with van der Waals surface area (Å²) in [5, 5.41) is 13.6. The zero-order chi connectivity index (χ0) is 19.4. The van der Waals surface area contributed by atoms with Gasteiger partial charge in [0.15, 0.2) is 0 Å². The van der Waals surface area contributed by atoms with Crippen LogP contribution < -0.4 is 5.32 Å². The molecule has 1 heterocycles. The van der Waals surface area contributed by atoms with Crippen molar-refractivity contribution in [3.05, 3.63) is 69.3 Å². The molecule has 1 aliphatic rings. The van der Waals surface area contributed by atoms with E-state index in [4.69, 9.17) is 4.74 Å². The van der Waals surface area contributed by atoms with Gasteiger partial charge in [-0.15, -0.1) is 0 Å². The third-order valence-electron chi connectivity index (χ3n) is 4.34. The van der Waals surface area contributed by atoms with E-state index in [1.165, 1.54) is 18.2 Å². The number of amides is 2. The molecule has 140 valence electrons. The van der Waals surface area contributed by atoms with Crippen molar-refractivity contribution >= 4 is 23.2 Å². The van der Waals surface area contributed by atoms with E-state index < -0.39 is 4.92 Å². The van der Waals surface area contributed by atoms with Gasteiger partial charge in [0.1, 0.15) is 0 Å². The highest BCUT2D eigenvalue weighted by atomic mass is 16.6. The Bertz CT molecular complexity index is 873. The first-order chi connectivity index (χ1) is 13.0. The Balaban J connectivity index is 1.67. The highest BCUT2D eigenvalue weighted by molar-refractivity contribution is 6.05. The molecule has 8 nitrogen and oxygen atoms in total. The Hall–Kier alpha value is -3.26. The maximum Gasteiger partial charge on any atom is 0.272 e. The van der Waals surface area contributed by atoms with E-state index in [2.05, 4.69) is 5.32 Å². The quantitative estimate of drug-likeness (QED) is 0.659. The van der Waals surface area contributed by atoms with Crippen LogP contribution in [-0.4, -0.2) is 47.9 Å². The SMILES string of the molecule is Cc1cc(C(=O)Nc2ccc(C(=O)N3CCOCC3)cc2)ccc1[N+](=O)[O-]. The number of benzene rings is 2. The average molecular weight is 369 g/mol. The Kier molecular flexibility index (Phi) is 5.46. The number of carbonyl (C=O) groups is 2. The monoisotopic (exact) mass is 369 g/mol. The van der Waals surface area contributed by atoms with E-state index >= 15 is 0 Å². The van der Waals surface area contributed by atoms with Crippen LogP contribution in [0.25, 0.3) is 0 Å². The minimum Gasteiger partial charge on any atom is -0.378 e. The maximum atomic E-state index is 12.4. The van der Waals surface area contributed by atoms with Crippen molar-refractivity contribution in [2.45, 2.75) is 6.92 Å². The number of morpholine rings is 1. The molecule has 3 rings (SSSR count). The number of carbonyl (C=O) groups excluding carboxylic acids is 2. The summed E-state index contributed by atoms with van der Waals surface area (Å²) >= 11 is 0. The highest BCUT2D eigenvalue weighted by Crippen LogP contribution is 2.20. The van der Waals surface area contributed by atoms with Gasteiger partial charge in [0, 0.05) is 41.5 Å². The van der Waals surface area contributed by atoms with Gasteiger partial charge in [0.25, 0.3) is 17.5 Å². The van der Waals surface area contributed by atoms with Crippen molar-refractivity contribution < 1.29 is 19.2 Å². The van der Waals surface area contributed by atoms with Crippen molar-refractivity contribution in [3.63, 3.8) is 0 Å². The summed E-state index contributed by atoms with van der Waals surface area (Å²) in [5.41, 5.74) is 1.79. The van der Waals surface area contributed by atoms with Crippen LogP contribution in [0.1, 0.15) is 26.3 Å². The third kappa shape index (κ3) is 4.29. The lowest BCUT2D eigenvalue weighted by molar-refractivity contribution is -0.385. The number of hydrogen-bond donors (Lipinski definition) is 1. The second-order valence-electron chi connectivity index (χ2n) is 6.19. The molecule has 1 N–H and O–H groups in total. The second-order valence-corrected chi connectivity index (χ2v) is 6.19. The zero-order valence-electron chi connectivity index (χ0n) is 14.8. The van der Waals surface area contributed by atoms with Gasteiger partial charge in [-0.3, -0.25) is 19.7 Å².